The van der Waals surface area contributed by atoms with Crippen molar-refractivity contribution in [3.8, 4) is 0 Å². The van der Waals surface area contributed by atoms with Gasteiger partial charge in [-0.05, 0) is 44.0 Å². The van der Waals surface area contributed by atoms with Crippen molar-refractivity contribution >= 4 is 21.8 Å². The van der Waals surface area contributed by atoms with E-state index in [1.165, 1.54) is 18.2 Å². The van der Waals surface area contributed by atoms with Crippen LogP contribution in [-0.2, 0) is 10.0 Å². The molecule has 5 rings (SSSR count). The lowest BCUT2D eigenvalue weighted by Crippen LogP contribution is -2.58. The summed E-state index contributed by atoms with van der Waals surface area (Å²) in [4.78, 5) is 13.8. The minimum atomic E-state index is -4.09. The van der Waals surface area contributed by atoms with Crippen LogP contribution >= 0.6 is 0 Å². The van der Waals surface area contributed by atoms with Gasteiger partial charge in [0.05, 0.1) is 28.4 Å². The number of nitrogens with zero attached hydrogens (tertiary/aromatic N) is 5. The van der Waals surface area contributed by atoms with E-state index >= 15 is 0 Å². The molecule has 0 atom stereocenters. The highest BCUT2D eigenvalue weighted by molar-refractivity contribution is 7.89. The molecule has 3 aromatic rings. The van der Waals surface area contributed by atoms with Crippen LogP contribution in [0.4, 0.5) is 19.1 Å². The molecule has 188 valence electrons. The second-order valence-corrected chi connectivity index (χ2v) is 10.6. The van der Waals surface area contributed by atoms with Gasteiger partial charge in [0, 0.05) is 19.6 Å². The fourth-order valence-corrected chi connectivity index (χ4v) is 5.16. The molecule has 2 fully saturated rings. The van der Waals surface area contributed by atoms with E-state index in [0.29, 0.717) is 31.9 Å². The first-order chi connectivity index (χ1) is 17.2. The predicted molar refractivity (Wildman–Crippen MR) is 127 cm³/mol. The van der Waals surface area contributed by atoms with Gasteiger partial charge >= 0.3 is 0 Å². The zero-order valence-corrected chi connectivity index (χ0v) is 20.1. The highest BCUT2D eigenvalue weighted by atomic mass is 32.2. The molecule has 1 saturated carbocycles. The van der Waals surface area contributed by atoms with Crippen molar-refractivity contribution in [1.29, 1.82) is 0 Å². The second kappa shape index (κ2) is 9.08. The number of rotatable bonds is 5. The molecule has 1 aromatic heterocycles. The molecule has 0 unspecified atom stereocenters. The fraction of sp³-hybridized carbons (Fsp3) is 0.292. The number of amidine groups is 1. The molecular weight excluding hydrogens is 493 g/mol. The summed E-state index contributed by atoms with van der Waals surface area (Å²) in [6.45, 7) is 2.85. The second-order valence-electron chi connectivity index (χ2n) is 8.94. The van der Waals surface area contributed by atoms with E-state index in [1.54, 1.807) is 17.0 Å². The van der Waals surface area contributed by atoms with Gasteiger partial charge in [-0.3, -0.25) is 0 Å². The molecule has 2 aromatic carbocycles. The summed E-state index contributed by atoms with van der Waals surface area (Å²) in [5.41, 5.74) is -0.0918. The molecule has 0 amide bonds. The number of aromatic nitrogens is 2. The van der Waals surface area contributed by atoms with Crippen LogP contribution in [0.25, 0.3) is 0 Å². The Bertz CT molecular complexity index is 1390. The first-order valence-electron chi connectivity index (χ1n) is 11.3. The summed E-state index contributed by atoms with van der Waals surface area (Å²) < 4.78 is 68.9. The number of hydrogen-bond donors (Lipinski definition) is 1. The number of hydrogen-bond acceptors (Lipinski definition) is 6. The number of nitrogens with one attached hydrogen (secondary N) is 1. The Hall–Kier alpha value is -3.67. The summed E-state index contributed by atoms with van der Waals surface area (Å²) in [5.74, 6) is -2.06. The molecule has 1 aliphatic carbocycles. The van der Waals surface area contributed by atoms with E-state index in [-0.39, 0.29) is 17.3 Å². The van der Waals surface area contributed by atoms with Crippen molar-refractivity contribution in [3.63, 3.8) is 0 Å². The highest BCUT2D eigenvalue weighted by Gasteiger charge is 2.53. The number of sulfonamides is 1. The molecule has 2 aliphatic rings. The van der Waals surface area contributed by atoms with Gasteiger partial charge in [-0.2, -0.15) is 13.2 Å². The average molecular weight is 517 g/mol. The number of piperazine rings is 1. The van der Waals surface area contributed by atoms with E-state index in [4.69, 9.17) is 0 Å². The van der Waals surface area contributed by atoms with Crippen molar-refractivity contribution in [2.24, 2.45) is 5.10 Å². The van der Waals surface area contributed by atoms with Crippen LogP contribution in [0.1, 0.15) is 24.0 Å². The zero-order valence-electron chi connectivity index (χ0n) is 19.3. The van der Waals surface area contributed by atoms with Crippen LogP contribution in [0, 0.1) is 24.4 Å². The molecule has 8 nitrogen and oxygen atoms in total. The van der Waals surface area contributed by atoms with E-state index in [9.17, 15) is 21.6 Å². The number of hydrazone groups is 1. The standard InChI is InChI=1S/C24H23F3N6O2S/c1-16-5-7-18(8-6-16)36(34,35)31-30-22(21-19(26)3-2-4-20(21)27)33-12-11-32(15-24(33)9-10-24)23-28-13-17(25)14-29-23/h2-8,13-14,31H,9-12,15H2,1H3/b30-22+. The molecule has 1 aliphatic heterocycles. The van der Waals surface area contributed by atoms with Crippen molar-refractivity contribution in [3.05, 3.63) is 83.4 Å². The minimum Gasteiger partial charge on any atom is -0.345 e. The Labute approximate surface area is 206 Å². The summed E-state index contributed by atoms with van der Waals surface area (Å²) in [6.07, 6.45) is 3.53. The third kappa shape index (κ3) is 4.60. The lowest BCUT2D eigenvalue weighted by Gasteiger charge is -2.43. The maximum atomic E-state index is 14.9. The van der Waals surface area contributed by atoms with Crippen LogP contribution in [-0.4, -0.2) is 54.3 Å². The number of halogens is 3. The lowest BCUT2D eigenvalue weighted by atomic mass is 10.1. The van der Waals surface area contributed by atoms with Crippen molar-refractivity contribution in [1.82, 2.24) is 19.7 Å². The molecule has 12 heteroatoms. The summed E-state index contributed by atoms with van der Waals surface area (Å²) in [7, 11) is -4.09. The third-order valence-corrected chi connectivity index (χ3v) is 7.64. The Balaban J connectivity index is 1.50. The van der Waals surface area contributed by atoms with Gasteiger partial charge in [0.2, 0.25) is 5.95 Å². The van der Waals surface area contributed by atoms with E-state index < -0.39 is 38.6 Å². The first kappa shape index (κ1) is 24.0. The van der Waals surface area contributed by atoms with Crippen molar-refractivity contribution < 1.29 is 21.6 Å². The summed E-state index contributed by atoms with van der Waals surface area (Å²) >= 11 is 0. The molecule has 0 bridgehead atoms. The zero-order chi connectivity index (χ0) is 25.5. The number of benzene rings is 2. The highest BCUT2D eigenvalue weighted by Crippen LogP contribution is 2.45. The predicted octanol–water partition coefficient (Wildman–Crippen LogP) is 3.20. The van der Waals surface area contributed by atoms with E-state index in [0.717, 1.165) is 30.1 Å². The maximum Gasteiger partial charge on any atom is 0.276 e. The maximum absolute atomic E-state index is 14.9. The van der Waals surface area contributed by atoms with Crippen molar-refractivity contribution in [2.45, 2.75) is 30.2 Å². The van der Waals surface area contributed by atoms with Crippen LogP contribution in [0.15, 0.2) is 64.9 Å². The number of aryl methyl sites for hydroxylation is 1. The van der Waals surface area contributed by atoms with Gasteiger partial charge in [-0.15, -0.1) is 5.10 Å². The Kier molecular flexibility index (Phi) is 6.07. The van der Waals surface area contributed by atoms with Gasteiger partial charge in [0.15, 0.2) is 11.7 Å². The minimum absolute atomic E-state index is 0.0235. The first-order valence-corrected chi connectivity index (χ1v) is 12.8. The van der Waals surface area contributed by atoms with Crippen LogP contribution in [0.3, 0.4) is 0 Å². The normalized spacial score (nSPS) is 17.4. The number of anilines is 1. The molecule has 2 heterocycles. The van der Waals surface area contributed by atoms with E-state index in [2.05, 4.69) is 19.9 Å². The topological polar surface area (TPSA) is 90.8 Å². The third-order valence-electron chi connectivity index (χ3n) is 6.41. The largest absolute Gasteiger partial charge is 0.345 e. The van der Waals surface area contributed by atoms with Crippen LogP contribution in [0.2, 0.25) is 0 Å². The van der Waals surface area contributed by atoms with Gasteiger partial charge in [0.1, 0.15) is 11.6 Å². The van der Waals surface area contributed by atoms with Crippen molar-refractivity contribution in [2.75, 3.05) is 24.5 Å². The smallest absolute Gasteiger partial charge is 0.276 e. The monoisotopic (exact) mass is 516 g/mol. The Morgan fingerprint density at radius 2 is 1.64 bits per heavy atom. The van der Waals surface area contributed by atoms with Gasteiger partial charge in [-0.25, -0.2) is 23.1 Å². The lowest BCUT2D eigenvalue weighted by molar-refractivity contribution is 0.256. The molecule has 1 saturated heterocycles. The average Bonchev–Trinajstić information content (AvgIpc) is 3.61. The van der Waals surface area contributed by atoms with Crippen LogP contribution < -0.4 is 9.73 Å². The quantitative estimate of drug-likeness (QED) is 0.318. The SMILES string of the molecule is Cc1ccc(S(=O)(=O)N/N=C(\c2c(F)cccc2F)N2CCN(c3ncc(F)cn3)CC23CC3)cc1. The Morgan fingerprint density at radius 1 is 1.00 bits per heavy atom. The molecule has 36 heavy (non-hydrogen) atoms. The van der Waals surface area contributed by atoms with Gasteiger partial charge in [-0.1, -0.05) is 23.8 Å². The van der Waals surface area contributed by atoms with E-state index in [1.807, 2.05) is 11.8 Å². The van der Waals surface area contributed by atoms with Gasteiger partial charge in [0.25, 0.3) is 10.0 Å². The Morgan fingerprint density at radius 3 is 2.25 bits per heavy atom. The summed E-state index contributed by atoms with van der Waals surface area (Å²) in [5, 5.41) is 4.08. The molecule has 0 radical (unpaired) electrons. The van der Waals surface area contributed by atoms with Crippen LogP contribution in [0.5, 0.6) is 0 Å². The molecule has 1 N–H and O–H groups in total. The molecular formula is C24H23F3N6O2S. The molecule has 1 spiro atoms. The fourth-order valence-electron chi connectivity index (χ4n) is 4.36. The summed E-state index contributed by atoms with van der Waals surface area (Å²) in [6, 6.07) is 9.59. The van der Waals surface area contributed by atoms with Gasteiger partial charge < -0.3 is 9.80 Å².